The molecule has 0 unspecified atom stereocenters. The molecule has 2 N–H and O–H groups in total. The Morgan fingerprint density at radius 2 is 2.03 bits per heavy atom. The molecule has 172 valence electrons. The number of fused-ring (bicyclic) bond motifs is 1. The van der Waals surface area contributed by atoms with Gasteiger partial charge in [-0.25, -0.2) is 9.97 Å². The minimum Gasteiger partial charge on any atom is -0.463 e. The SMILES string of the molecule is CC(=O)NCc1ccc(-c2csc(NC(=O)c3cc(-c4ccco4)nc4c3c(C)nn4C)n2)s1. The first-order valence-corrected chi connectivity index (χ1v) is 12.1. The van der Waals surface area contributed by atoms with E-state index in [0.29, 0.717) is 45.4 Å². The first-order chi connectivity index (χ1) is 16.4. The van der Waals surface area contributed by atoms with Crippen LogP contribution in [0.25, 0.3) is 33.1 Å². The van der Waals surface area contributed by atoms with E-state index < -0.39 is 0 Å². The minimum absolute atomic E-state index is 0.0714. The molecule has 11 heteroatoms. The number of anilines is 1. The van der Waals surface area contributed by atoms with Crippen LogP contribution in [0.15, 0.2) is 46.4 Å². The van der Waals surface area contributed by atoms with E-state index in [4.69, 9.17) is 4.42 Å². The van der Waals surface area contributed by atoms with E-state index in [1.807, 2.05) is 24.4 Å². The van der Waals surface area contributed by atoms with Crippen molar-refractivity contribution in [2.24, 2.45) is 7.05 Å². The molecule has 34 heavy (non-hydrogen) atoms. The molecule has 9 nitrogen and oxygen atoms in total. The molecule has 5 aromatic rings. The zero-order valence-electron chi connectivity index (χ0n) is 18.6. The van der Waals surface area contributed by atoms with E-state index in [2.05, 4.69) is 25.7 Å². The summed E-state index contributed by atoms with van der Waals surface area (Å²) in [4.78, 5) is 35.7. The molecular weight excluding hydrogens is 472 g/mol. The molecule has 0 atom stereocenters. The molecule has 0 fully saturated rings. The van der Waals surface area contributed by atoms with Gasteiger partial charge in [-0.05, 0) is 37.3 Å². The fourth-order valence-electron chi connectivity index (χ4n) is 3.61. The Kier molecular flexibility index (Phi) is 5.72. The third-order valence-electron chi connectivity index (χ3n) is 5.14. The van der Waals surface area contributed by atoms with Crippen molar-refractivity contribution in [3.8, 4) is 22.0 Å². The molecule has 0 bridgehead atoms. The molecule has 5 rings (SSSR count). The number of carbonyl (C=O) groups excluding carboxylic acids is 2. The number of aromatic nitrogens is 4. The van der Waals surface area contributed by atoms with Gasteiger partial charge in [0.2, 0.25) is 5.91 Å². The van der Waals surface area contributed by atoms with E-state index >= 15 is 0 Å². The monoisotopic (exact) mass is 492 g/mol. The minimum atomic E-state index is -0.297. The first kappa shape index (κ1) is 22.0. The van der Waals surface area contributed by atoms with Gasteiger partial charge in [0.1, 0.15) is 5.69 Å². The van der Waals surface area contributed by atoms with Crippen LogP contribution < -0.4 is 10.6 Å². The number of carbonyl (C=O) groups is 2. The molecule has 0 aromatic carbocycles. The maximum Gasteiger partial charge on any atom is 0.258 e. The molecule has 0 aliphatic carbocycles. The lowest BCUT2D eigenvalue weighted by atomic mass is 10.1. The number of furan rings is 1. The van der Waals surface area contributed by atoms with Crippen LogP contribution in [0.2, 0.25) is 0 Å². The summed E-state index contributed by atoms with van der Waals surface area (Å²) < 4.78 is 7.15. The standard InChI is InChI=1S/C23H20N6O3S2/c1-12-20-15(9-16(18-5-4-8-32-18)25-21(20)29(3)28-12)22(31)27-23-26-17(11-33-23)19-7-6-14(34-19)10-24-13(2)30/h4-9,11H,10H2,1-3H3,(H,24,30)(H,26,27,31). The highest BCUT2D eigenvalue weighted by molar-refractivity contribution is 7.17. The molecule has 0 spiro atoms. The number of thiazole rings is 1. The Balaban J connectivity index is 1.43. The third-order valence-corrected chi connectivity index (χ3v) is 7.00. The number of aryl methyl sites for hydroxylation is 2. The molecule has 0 saturated carbocycles. The van der Waals surface area contributed by atoms with Crippen molar-refractivity contribution in [1.29, 1.82) is 0 Å². The largest absolute Gasteiger partial charge is 0.463 e. The second-order valence-corrected chi connectivity index (χ2v) is 9.63. The van der Waals surface area contributed by atoms with Crippen LogP contribution in [0, 0.1) is 6.92 Å². The van der Waals surface area contributed by atoms with Gasteiger partial charge in [-0.3, -0.25) is 19.6 Å². The first-order valence-electron chi connectivity index (χ1n) is 10.4. The number of rotatable bonds is 6. The van der Waals surface area contributed by atoms with Gasteiger partial charge >= 0.3 is 0 Å². The van der Waals surface area contributed by atoms with Crippen LogP contribution in [0.1, 0.15) is 27.9 Å². The van der Waals surface area contributed by atoms with Gasteiger partial charge in [-0.1, -0.05) is 0 Å². The van der Waals surface area contributed by atoms with Crippen molar-refractivity contribution in [1.82, 2.24) is 25.1 Å². The van der Waals surface area contributed by atoms with E-state index in [9.17, 15) is 9.59 Å². The Morgan fingerprint density at radius 1 is 1.18 bits per heavy atom. The Labute approximate surface area is 202 Å². The molecule has 0 aliphatic heterocycles. The average molecular weight is 493 g/mol. The molecule has 0 aliphatic rings. The van der Waals surface area contributed by atoms with E-state index in [0.717, 1.165) is 15.4 Å². The van der Waals surface area contributed by atoms with Crippen molar-refractivity contribution in [3.63, 3.8) is 0 Å². The number of nitrogens with zero attached hydrogens (tertiary/aromatic N) is 4. The molecular formula is C23H20N6O3S2. The van der Waals surface area contributed by atoms with Crippen molar-refractivity contribution >= 4 is 50.7 Å². The molecule has 2 amide bonds. The Hall–Kier alpha value is -3.83. The van der Waals surface area contributed by atoms with Gasteiger partial charge in [0.15, 0.2) is 16.5 Å². The maximum atomic E-state index is 13.3. The van der Waals surface area contributed by atoms with E-state index in [-0.39, 0.29) is 11.8 Å². The summed E-state index contributed by atoms with van der Waals surface area (Å²) in [6, 6.07) is 9.21. The number of thiophene rings is 1. The molecule has 0 radical (unpaired) electrons. The zero-order chi connectivity index (χ0) is 23.8. The Bertz CT molecular complexity index is 1510. The van der Waals surface area contributed by atoms with Crippen LogP contribution in [0.3, 0.4) is 0 Å². The van der Waals surface area contributed by atoms with Crippen LogP contribution in [-0.2, 0) is 18.4 Å². The predicted molar refractivity (Wildman–Crippen MR) is 132 cm³/mol. The average Bonchev–Trinajstić information content (AvgIpc) is 3.60. The summed E-state index contributed by atoms with van der Waals surface area (Å²) in [6.45, 7) is 3.82. The third kappa shape index (κ3) is 4.22. The quantitative estimate of drug-likeness (QED) is 0.358. The fraction of sp³-hybridized carbons (Fsp3) is 0.174. The van der Waals surface area contributed by atoms with Gasteiger partial charge in [0.05, 0.1) is 40.0 Å². The normalized spacial score (nSPS) is 11.1. The number of nitrogens with one attached hydrogen (secondary N) is 2. The predicted octanol–water partition coefficient (Wildman–Crippen LogP) is 4.61. The maximum absolute atomic E-state index is 13.3. The number of amides is 2. The summed E-state index contributed by atoms with van der Waals surface area (Å²) in [5, 5.41) is 13.2. The van der Waals surface area contributed by atoms with Crippen molar-refractivity contribution in [2.45, 2.75) is 20.4 Å². The molecule has 0 saturated heterocycles. The second kappa shape index (κ2) is 8.84. The second-order valence-electron chi connectivity index (χ2n) is 7.61. The lowest BCUT2D eigenvalue weighted by Crippen LogP contribution is -2.17. The van der Waals surface area contributed by atoms with Crippen molar-refractivity contribution < 1.29 is 14.0 Å². The smallest absolute Gasteiger partial charge is 0.258 e. The highest BCUT2D eigenvalue weighted by Gasteiger charge is 2.21. The lowest BCUT2D eigenvalue weighted by Gasteiger charge is -2.07. The van der Waals surface area contributed by atoms with Crippen molar-refractivity contribution in [2.75, 3.05) is 5.32 Å². The van der Waals surface area contributed by atoms with Crippen molar-refractivity contribution in [3.05, 3.63) is 58.1 Å². The Morgan fingerprint density at radius 3 is 2.79 bits per heavy atom. The zero-order valence-corrected chi connectivity index (χ0v) is 20.2. The van der Waals surface area contributed by atoms with Gasteiger partial charge in [-0.2, -0.15) is 5.10 Å². The summed E-state index contributed by atoms with van der Waals surface area (Å²) in [5.41, 5.74) is 3.09. The topological polar surface area (TPSA) is 115 Å². The summed E-state index contributed by atoms with van der Waals surface area (Å²) in [6.07, 6.45) is 1.57. The highest BCUT2D eigenvalue weighted by Crippen LogP contribution is 2.32. The van der Waals surface area contributed by atoms with E-state index in [1.54, 1.807) is 47.5 Å². The van der Waals surface area contributed by atoms with Crippen LogP contribution in [-0.4, -0.2) is 31.6 Å². The van der Waals surface area contributed by atoms with Crippen LogP contribution in [0.5, 0.6) is 0 Å². The van der Waals surface area contributed by atoms with Gasteiger partial charge in [0.25, 0.3) is 5.91 Å². The summed E-state index contributed by atoms with van der Waals surface area (Å²) >= 11 is 2.90. The van der Waals surface area contributed by atoms with Gasteiger partial charge < -0.3 is 9.73 Å². The lowest BCUT2D eigenvalue weighted by molar-refractivity contribution is -0.119. The number of hydrogen-bond donors (Lipinski definition) is 2. The van der Waals surface area contributed by atoms with E-state index in [1.165, 1.54) is 18.3 Å². The molecule has 5 aromatic heterocycles. The van der Waals surface area contributed by atoms with Gasteiger partial charge in [0, 0.05) is 24.2 Å². The highest BCUT2D eigenvalue weighted by atomic mass is 32.1. The van der Waals surface area contributed by atoms with Gasteiger partial charge in [-0.15, -0.1) is 22.7 Å². The summed E-state index contributed by atoms with van der Waals surface area (Å²) in [5.74, 6) is 0.201. The number of hydrogen-bond acceptors (Lipinski definition) is 8. The van der Waals surface area contributed by atoms with Crippen LogP contribution >= 0.6 is 22.7 Å². The number of pyridine rings is 1. The fourth-order valence-corrected chi connectivity index (χ4v) is 5.29. The summed E-state index contributed by atoms with van der Waals surface area (Å²) in [7, 11) is 1.80. The van der Waals surface area contributed by atoms with Crippen LogP contribution in [0.4, 0.5) is 5.13 Å². The molecule has 5 heterocycles.